The van der Waals surface area contributed by atoms with Crippen LogP contribution in [0.1, 0.15) is 263 Å². The number of alkyl carbamates (subject to hydrolysis) is 2. The molecule has 0 radical (unpaired) electrons. The van der Waals surface area contributed by atoms with Crippen LogP contribution in [0, 0.1) is 106 Å². The first-order valence-electron chi connectivity index (χ1n) is 35.6. The predicted molar refractivity (Wildman–Crippen MR) is 364 cm³/mol. The van der Waals surface area contributed by atoms with E-state index in [2.05, 4.69) is 98.9 Å². The molecule has 20 atom stereocenters. The van der Waals surface area contributed by atoms with E-state index >= 15 is 0 Å². The minimum Gasteiger partial charge on any atom is -0.810 e. The summed E-state index contributed by atoms with van der Waals surface area (Å²) in [6.07, 6.45) is 36.8. The molecule has 10 rings (SSSR count). The second kappa shape index (κ2) is 43.5. The molecule has 2 amide bonds. The first kappa shape index (κ1) is 97.7. The van der Waals surface area contributed by atoms with E-state index in [4.69, 9.17) is 36.5 Å². The number of carbonyl (C=O) groups excluding carboxylic acids is 2. The fourth-order valence-electron chi connectivity index (χ4n) is 20.6. The topological polar surface area (TPSA) is 332 Å². The van der Waals surface area contributed by atoms with Crippen LogP contribution in [0.25, 0.3) is 17.2 Å². The van der Waals surface area contributed by atoms with Crippen molar-refractivity contribution in [1.29, 1.82) is 0 Å². The van der Waals surface area contributed by atoms with Crippen molar-refractivity contribution in [3.8, 4) is 0 Å². The van der Waals surface area contributed by atoms with E-state index in [9.17, 15) is 28.5 Å². The number of amides is 2. The second-order valence-corrected chi connectivity index (χ2v) is 35.4. The maximum Gasteiger partial charge on any atom is 2.00 e. The summed E-state index contributed by atoms with van der Waals surface area (Å²) in [4.78, 5) is 63.7. The van der Waals surface area contributed by atoms with Gasteiger partial charge in [0.2, 0.25) is 0 Å². The van der Waals surface area contributed by atoms with Gasteiger partial charge in [0, 0.05) is 20.6 Å². The van der Waals surface area contributed by atoms with Gasteiger partial charge in [-0.05, 0) is 190 Å². The van der Waals surface area contributed by atoms with Crippen molar-refractivity contribution >= 4 is 27.4 Å². The monoisotopic (exact) mass is 1790 g/mol. The molecular weight excluding hydrogens is 1660 g/mol. The number of halogens is 1. The number of carbonyl (C=O) groups is 2. The van der Waals surface area contributed by atoms with Gasteiger partial charge in [0.25, 0.3) is 0 Å². The summed E-state index contributed by atoms with van der Waals surface area (Å²) in [7, 11) is -9.07. The van der Waals surface area contributed by atoms with E-state index in [-0.39, 0.29) is 203 Å². The molecule has 0 saturated heterocycles. The van der Waals surface area contributed by atoms with Crippen molar-refractivity contribution in [3.63, 3.8) is 0 Å². The summed E-state index contributed by atoms with van der Waals surface area (Å²) in [5.41, 5.74) is 26.2. The van der Waals surface area contributed by atoms with Crippen LogP contribution in [0.2, 0.25) is 0 Å². The van der Waals surface area contributed by atoms with Crippen molar-refractivity contribution in [2.45, 2.75) is 292 Å². The van der Waals surface area contributed by atoms with Crippen LogP contribution in [0.3, 0.4) is 0 Å². The number of nitrogens with one attached hydrogen (secondary N) is 5. The van der Waals surface area contributed by atoms with Crippen molar-refractivity contribution in [2.24, 2.45) is 98.6 Å². The molecule has 4 unspecified atom stereocenters. The maximum atomic E-state index is 12.1. The number of allylic oxidation sites excluding steroid dienone is 2. The Balaban J connectivity index is 0. The molecule has 0 heterocycles. The van der Waals surface area contributed by atoms with Crippen molar-refractivity contribution in [3.05, 3.63) is 47.4 Å². The van der Waals surface area contributed by atoms with Crippen LogP contribution in [-0.4, -0.2) is 75.8 Å². The molecule has 17 nitrogen and oxygen atoms in total. The van der Waals surface area contributed by atoms with Crippen LogP contribution in [0.15, 0.2) is 23.3 Å². The number of hydrogen-bond acceptors (Lipinski definition) is 8. The molecule has 0 aliphatic heterocycles. The largest absolute Gasteiger partial charge is 2.00 e. The third-order valence-corrected chi connectivity index (χ3v) is 26.7. The van der Waals surface area contributed by atoms with Gasteiger partial charge in [-0.3, -0.25) is 9.27 Å². The molecule has 0 aromatic heterocycles. The molecule has 95 heavy (non-hydrogen) atoms. The number of hydrogen-bond donors (Lipinski definition) is 4. The van der Waals surface area contributed by atoms with Gasteiger partial charge in [-0.25, -0.2) is 9.59 Å². The van der Waals surface area contributed by atoms with E-state index in [1.165, 1.54) is 133 Å². The molecule has 11 N–H and O–H groups in total. The fourth-order valence-corrected chi connectivity index (χ4v) is 21.2. The van der Waals surface area contributed by atoms with E-state index in [1.54, 1.807) is 0 Å². The first-order chi connectivity index (χ1) is 41.3. The Labute approximate surface area is 689 Å². The number of rotatable bonds is 16. The Kier molecular flexibility index (Phi) is 44.7. The van der Waals surface area contributed by atoms with Crippen molar-refractivity contribution in [1.82, 2.24) is 10.6 Å². The zero-order valence-electron chi connectivity index (χ0n) is 60.5. The zero-order valence-corrected chi connectivity index (χ0v) is 73.1. The summed E-state index contributed by atoms with van der Waals surface area (Å²) in [5, 5.41) is 4.30. The van der Waals surface area contributed by atoms with E-state index in [0.29, 0.717) is 22.7 Å². The van der Waals surface area contributed by atoms with Crippen molar-refractivity contribution < 1.29 is 210 Å². The van der Waals surface area contributed by atoms with Gasteiger partial charge in [0.1, 0.15) is 18.5 Å². The summed E-state index contributed by atoms with van der Waals surface area (Å²) in [6, 6.07) is -0.0174. The number of ether oxygens (including phenoxy) is 2. The molecule has 0 aromatic rings. The minimum absolute atomic E-state index is 0. The molecule has 10 aliphatic carbocycles. The minimum atomic E-state index is -4.78. The van der Waals surface area contributed by atoms with E-state index in [0.717, 1.165) is 136 Å². The first-order valence-corrected chi connectivity index (χ1v) is 39.1. The van der Waals surface area contributed by atoms with Crippen LogP contribution < -0.4 is 123 Å². The molecule has 10 aliphatic rings. The molecule has 8 saturated carbocycles. The fraction of sp³-hybridized carbons (Fsp3) is 0.901. The third-order valence-electron chi connectivity index (χ3n) is 25.6. The Morgan fingerprint density at radius 2 is 0.947 bits per heavy atom. The Morgan fingerprint density at radius 3 is 1.27 bits per heavy atom. The summed E-state index contributed by atoms with van der Waals surface area (Å²) in [6.45, 7) is 28.5. The summed E-state index contributed by atoms with van der Waals surface area (Å²) in [5.74, 6) is 9.98. The summed E-state index contributed by atoms with van der Waals surface area (Å²) >= 11 is 0. The SMILES string of the molecule is CC(C)CCC[C@@H](C)[C@H]1CC[C@H]2[C@@H]3CC=C4C[C@@H](OC(=O)NCP(=O)(O)O)CC[C@]4(C)[C@H]3CC[C@]12C.CC(C)CCC[C@@H](C)[C@H]1CC[C@H]2[C@@H]3CC=C4C[C@@H](OC(=O)NCP(=O)([O-])[O-])CC[C@]4(C)[C@H]3CC[C@]12C.F.O.O.[2HH].[CH2-]C1CCCCC1[NH-].[K+].[K+].[NH-]C1CCCCC1[NH-].[Pt+2].[Pt+2]. The van der Waals surface area contributed by atoms with Crippen LogP contribution in [0.4, 0.5) is 14.3 Å². The molecule has 0 bridgehead atoms. The van der Waals surface area contributed by atoms with Gasteiger partial charge < -0.3 is 79.3 Å². The normalized spacial score (nSPS) is 36.3. The van der Waals surface area contributed by atoms with E-state index < -0.39 is 39.9 Å². The Bertz CT molecular complexity index is 2280. The van der Waals surface area contributed by atoms with E-state index in [1.807, 2.05) is 0 Å². The maximum absolute atomic E-state index is 12.1. The molecule has 0 spiro atoms. The molecule has 8 fully saturated rings. The second-order valence-electron chi connectivity index (χ2n) is 32.2. The molecule has 0 aromatic carbocycles. The van der Waals surface area contributed by atoms with Crippen LogP contribution >= 0.6 is 15.2 Å². The quantitative estimate of drug-likeness (QED) is 0.0490. The Morgan fingerprint density at radius 1 is 0.579 bits per heavy atom. The van der Waals surface area contributed by atoms with Gasteiger partial charge in [0.15, 0.2) is 0 Å². The van der Waals surface area contributed by atoms with Gasteiger partial charge >= 0.3 is 165 Å². The zero-order chi connectivity index (χ0) is 64.6. The van der Waals surface area contributed by atoms with Gasteiger partial charge in [-0.15, -0.1) is 0 Å². The molecular formula is C71H130FK2N5O12P2Pt2. The van der Waals surface area contributed by atoms with Gasteiger partial charge in [-0.2, -0.15) is 24.0 Å². The Hall–Kier alpha value is 2.70. The average molecular weight is 1800 g/mol. The molecule has 550 valence electrons. The smallest absolute Gasteiger partial charge is 0.810 e. The van der Waals surface area contributed by atoms with Gasteiger partial charge in [-0.1, -0.05) is 182 Å². The average Bonchev–Trinajstić information content (AvgIpc) is 1.37. The summed E-state index contributed by atoms with van der Waals surface area (Å²) < 4.78 is 32.9. The van der Waals surface area contributed by atoms with Gasteiger partial charge in [0.05, 0.1) is 0 Å². The number of fused-ring (bicyclic) bond motifs is 10. The third kappa shape index (κ3) is 26.6. The van der Waals surface area contributed by atoms with Crippen LogP contribution in [-0.2, 0) is 60.7 Å². The van der Waals surface area contributed by atoms with Crippen molar-refractivity contribution in [2.75, 3.05) is 12.6 Å². The van der Waals surface area contributed by atoms with Crippen LogP contribution in [0.5, 0.6) is 0 Å². The predicted octanol–water partition coefficient (Wildman–Crippen LogP) is 10.8. The molecule has 24 heteroatoms. The standard InChI is InChI=1S/2C29H50NO5P.C7H13N.C6H12N2.FH.2K.2H2O.2Pt.H2/c2*1-19(2)7-6-8-20(3)24-11-12-25-23-10-9-21-17-22(35-27(31)30-18-36(32,33)34)13-15-28(21,4)26(23)14-16-29(24,25)5;1-6-4-2-3-5-7(6)8;7-5-3-1-2-4-6(5)8;;;;;;;;/h2*9,19-20,22-26H,6-8,10-18H2,1-5H3,(H,30,31)(H2,32,33,34);6-8H,1-5H2;5-8H,1-4H2;1H;;;2*1H2;;;1H/q;;2*-2;;2*+1;;;2*+2;/p-2/t2*20-,22+,23+,24-,25+,26+,28+,29-;;;;;;;;;;/m11........../s1/i;;;;;;;;;;;1+1.